The molecule has 0 spiro atoms. The van der Waals surface area contributed by atoms with E-state index in [4.69, 9.17) is 4.74 Å². The van der Waals surface area contributed by atoms with E-state index in [-0.39, 0.29) is 6.10 Å². The van der Waals surface area contributed by atoms with Crippen LogP contribution in [0.5, 0.6) is 5.75 Å². The Morgan fingerprint density at radius 1 is 1.04 bits per heavy atom. The molecule has 2 atom stereocenters. The Balaban J connectivity index is 1.52. The first-order chi connectivity index (χ1) is 11.3. The average molecular weight is 307 g/mol. The van der Waals surface area contributed by atoms with E-state index in [0.29, 0.717) is 6.04 Å². The van der Waals surface area contributed by atoms with Gasteiger partial charge in [-0.15, -0.1) is 0 Å². The number of nitrogens with one attached hydrogen (secondary N) is 1. The van der Waals surface area contributed by atoms with Crippen molar-refractivity contribution in [3.05, 3.63) is 65.2 Å². The van der Waals surface area contributed by atoms with Crippen LogP contribution in [0.2, 0.25) is 0 Å². The number of hydrogen-bond acceptors (Lipinski definition) is 2. The van der Waals surface area contributed by atoms with Gasteiger partial charge < -0.3 is 10.1 Å². The summed E-state index contributed by atoms with van der Waals surface area (Å²) in [5, 5.41) is 3.79. The maximum Gasteiger partial charge on any atom is 0.140 e. The molecule has 0 aliphatic heterocycles. The lowest BCUT2D eigenvalue weighted by Crippen LogP contribution is -2.39. The third kappa shape index (κ3) is 3.13. The molecule has 1 unspecified atom stereocenters. The van der Waals surface area contributed by atoms with Crippen LogP contribution < -0.4 is 10.1 Å². The summed E-state index contributed by atoms with van der Waals surface area (Å²) in [7, 11) is 0. The summed E-state index contributed by atoms with van der Waals surface area (Å²) in [6, 6.07) is 17.5. The molecule has 0 heterocycles. The minimum absolute atomic E-state index is 0.119. The summed E-state index contributed by atoms with van der Waals surface area (Å²) in [6.45, 7) is 3.24. The molecule has 2 aromatic rings. The van der Waals surface area contributed by atoms with Gasteiger partial charge in [0.15, 0.2) is 0 Å². The first-order valence-corrected chi connectivity index (χ1v) is 8.84. The first-order valence-electron chi connectivity index (χ1n) is 8.84. The molecule has 23 heavy (non-hydrogen) atoms. The van der Waals surface area contributed by atoms with Gasteiger partial charge >= 0.3 is 0 Å². The van der Waals surface area contributed by atoms with Gasteiger partial charge in [-0.1, -0.05) is 48.4 Å². The lowest BCUT2D eigenvalue weighted by molar-refractivity contribution is 0.158. The van der Waals surface area contributed by atoms with E-state index in [1.54, 1.807) is 0 Å². The van der Waals surface area contributed by atoms with E-state index in [9.17, 15) is 0 Å². The molecule has 2 heteroatoms. The molecule has 4 rings (SSSR count). The molecule has 0 bridgehead atoms. The van der Waals surface area contributed by atoms with E-state index >= 15 is 0 Å². The molecular formula is C21H25NO. The molecule has 1 fully saturated rings. The second-order valence-electron chi connectivity index (χ2n) is 7.07. The number of benzene rings is 2. The van der Waals surface area contributed by atoms with Crippen LogP contribution >= 0.6 is 0 Å². The Morgan fingerprint density at radius 2 is 1.83 bits per heavy atom. The van der Waals surface area contributed by atoms with Crippen molar-refractivity contribution in [2.45, 2.75) is 44.8 Å². The summed E-state index contributed by atoms with van der Waals surface area (Å²) in [5.41, 5.74) is 4.04. The maximum absolute atomic E-state index is 6.39. The van der Waals surface area contributed by atoms with E-state index in [1.807, 2.05) is 0 Å². The quantitative estimate of drug-likeness (QED) is 0.882. The van der Waals surface area contributed by atoms with Gasteiger partial charge in [0.1, 0.15) is 11.9 Å². The number of fused-ring (bicyclic) bond motifs is 1. The van der Waals surface area contributed by atoms with Crippen molar-refractivity contribution in [1.29, 1.82) is 0 Å². The van der Waals surface area contributed by atoms with Crippen LogP contribution in [-0.2, 0) is 6.42 Å². The fourth-order valence-corrected chi connectivity index (χ4v) is 3.66. The largest absolute Gasteiger partial charge is 0.484 e. The highest BCUT2D eigenvalue weighted by atomic mass is 16.5. The summed E-state index contributed by atoms with van der Waals surface area (Å²) in [4.78, 5) is 0. The van der Waals surface area contributed by atoms with Crippen molar-refractivity contribution in [1.82, 2.24) is 5.32 Å². The third-order valence-electron chi connectivity index (χ3n) is 5.34. The van der Waals surface area contributed by atoms with E-state index in [0.717, 1.165) is 24.6 Å². The Morgan fingerprint density at radius 3 is 2.57 bits per heavy atom. The minimum Gasteiger partial charge on any atom is -0.484 e. The van der Waals surface area contributed by atoms with E-state index in [1.165, 1.54) is 36.0 Å². The molecule has 1 saturated carbocycles. The predicted molar refractivity (Wildman–Crippen MR) is 93.8 cm³/mol. The van der Waals surface area contributed by atoms with E-state index in [2.05, 4.69) is 60.8 Å². The lowest BCUT2D eigenvalue weighted by Gasteiger charge is -2.29. The highest BCUT2D eigenvalue weighted by molar-refractivity contribution is 5.38. The zero-order chi connectivity index (χ0) is 15.6. The first kappa shape index (κ1) is 14.8. The zero-order valence-electron chi connectivity index (χ0n) is 13.8. The molecule has 2 aliphatic rings. The molecule has 0 amide bonds. The molecule has 1 N–H and O–H groups in total. The van der Waals surface area contributed by atoms with Crippen molar-refractivity contribution in [3.8, 4) is 5.75 Å². The smallest absolute Gasteiger partial charge is 0.140 e. The van der Waals surface area contributed by atoms with Gasteiger partial charge in [0.05, 0.1) is 6.04 Å². The van der Waals surface area contributed by atoms with Crippen LogP contribution in [0.3, 0.4) is 0 Å². The number of hydrogen-bond donors (Lipinski definition) is 1. The zero-order valence-corrected chi connectivity index (χ0v) is 13.8. The molecule has 120 valence electrons. The predicted octanol–water partition coefficient (Wildman–Crippen LogP) is 4.43. The Labute approximate surface area is 138 Å². The number of rotatable bonds is 5. The van der Waals surface area contributed by atoms with Gasteiger partial charge in [0.2, 0.25) is 0 Å². The molecular weight excluding hydrogens is 282 g/mol. The molecule has 2 aliphatic carbocycles. The Hall–Kier alpha value is -1.80. The van der Waals surface area contributed by atoms with Crippen molar-refractivity contribution >= 4 is 0 Å². The number of aryl methyl sites for hydroxylation is 1. The van der Waals surface area contributed by atoms with Gasteiger partial charge in [-0.3, -0.25) is 0 Å². The Bertz CT molecular complexity index is 660. The highest BCUT2D eigenvalue weighted by Crippen LogP contribution is 2.36. The minimum atomic E-state index is 0.119. The van der Waals surface area contributed by atoms with Crippen LogP contribution in [0, 0.1) is 12.8 Å². The SMILES string of the molecule is Cc1ccc(OC2c3ccccc3C[C@H]2NCC2CCC2)cc1. The highest BCUT2D eigenvalue weighted by Gasteiger charge is 2.34. The standard InChI is InChI=1S/C21H25NO/c1-15-9-11-18(12-10-15)23-21-19-8-3-2-7-17(19)13-20(21)22-14-16-5-4-6-16/h2-3,7-12,16,20-22H,4-6,13-14H2,1H3/t20-,21?/m1/s1. The van der Waals surface area contributed by atoms with Gasteiger partial charge in [-0.05, 0) is 61.9 Å². The van der Waals surface area contributed by atoms with Crippen LogP contribution in [0.15, 0.2) is 48.5 Å². The molecule has 0 saturated heterocycles. The van der Waals surface area contributed by atoms with Crippen LogP contribution in [-0.4, -0.2) is 12.6 Å². The van der Waals surface area contributed by atoms with Crippen LogP contribution in [0.4, 0.5) is 0 Å². The summed E-state index contributed by atoms with van der Waals surface area (Å²) in [5.74, 6) is 1.84. The molecule has 2 aromatic carbocycles. The van der Waals surface area contributed by atoms with Gasteiger partial charge in [-0.25, -0.2) is 0 Å². The molecule has 0 aromatic heterocycles. The average Bonchev–Trinajstić information content (AvgIpc) is 2.86. The molecule has 2 nitrogen and oxygen atoms in total. The monoisotopic (exact) mass is 307 g/mol. The van der Waals surface area contributed by atoms with Crippen molar-refractivity contribution in [2.75, 3.05) is 6.54 Å². The Kier molecular flexibility index (Phi) is 4.09. The van der Waals surface area contributed by atoms with Crippen LogP contribution in [0.25, 0.3) is 0 Å². The summed E-state index contributed by atoms with van der Waals surface area (Å²) >= 11 is 0. The summed E-state index contributed by atoms with van der Waals surface area (Å²) in [6.07, 6.45) is 5.36. The van der Waals surface area contributed by atoms with Gasteiger partial charge in [-0.2, -0.15) is 0 Å². The third-order valence-corrected chi connectivity index (χ3v) is 5.34. The van der Waals surface area contributed by atoms with Gasteiger partial charge in [0, 0.05) is 0 Å². The van der Waals surface area contributed by atoms with Crippen molar-refractivity contribution < 1.29 is 4.74 Å². The number of ether oxygens (including phenoxy) is 1. The fraction of sp³-hybridized carbons (Fsp3) is 0.429. The summed E-state index contributed by atoms with van der Waals surface area (Å²) < 4.78 is 6.39. The van der Waals surface area contributed by atoms with Crippen molar-refractivity contribution in [3.63, 3.8) is 0 Å². The second kappa shape index (κ2) is 6.37. The fourth-order valence-electron chi connectivity index (χ4n) is 3.66. The van der Waals surface area contributed by atoms with Crippen molar-refractivity contribution in [2.24, 2.45) is 5.92 Å². The topological polar surface area (TPSA) is 21.3 Å². The van der Waals surface area contributed by atoms with Gasteiger partial charge in [0.25, 0.3) is 0 Å². The van der Waals surface area contributed by atoms with E-state index < -0.39 is 0 Å². The van der Waals surface area contributed by atoms with Crippen LogP contribution in [0.1, 0.15) is 42.1 Å². The maximum atomic E-state index is 6.39. The lowest BCUT2D eigenvalue weighted by atomic mass is 9.85. The molecule has 0 radical (unpaired) electrons. The second-order valence-corrected chi connectivity index (χ2v) is 7.07. The normalized spacial score (nSPS) is 23.3.